The summed E-state index contributed by atoms with van der Waals surface area (Å²) < 4.78 is 99.5. The molecule has 0 aliphatic carbocycles. The van der Waals surface area contributed by atoms with Gasteiger partial charge in [0.15, 0.2) is 0 Å². The summed E-state index contributed by atoms with van der Waals surface area (Å²) in [5.74, 6) is 0. The van der Waals surface area contributed by atoms with Crippen molar-refractivity contribution < 1.29 is 35.3 Å². The van der Waals surface area contributed by atoms with Crippen molar-refractivity contribution in [3.63, 3.8) is 0 Å². The Balaban J connectivity index is 2.46. The summed E-state index contributed by atoms with van der Waals surface area (Å²) in [6, 6.07) is 6.60. The normalized spacial score (nSPS) is 19.2. The Hall–Kier alpha value is -1.17. The third-order valence-electron chi connectivity index (χ3n) is 3.50. The topological polar surface area (TPSA) is 41.6 Å². The molecule has 1 fully saturated rings. The first-order chi connectivity index (χ1) is 11.1. The number of ether oxygens (including phenoxy) is 1. The van der Waals surface area contributed by atoms with Gasteiger partial charge in [0.2, 0.25) is 0 Å². The highest BCUT2D eigenvalue weighted by atomic mass is 32.2. The molecule has 0 aromatic heterocycles. The SMILES string of the molecule is O=S(NC(N1CCOCC1)(C(F)(F)F)C(F)(F)F)c1ccccc1. The van der Waals surface area contributed by atoms with Crippen molar-refractivity contribution in [3.8, 4) is 0 Å². The molecular formula is C13H14F6N2O2S. The summed E-state index contributed by atoms with van der Waals surface area (Å²) in [5, 5.41) is 0. The molecule has 24 heavy (non-hydrogen) atoms. The Morgan fingerprint density at radius 2 is 1.46 bits per heavy atom. The minimum atomic E-state index is -5.74. The maximum atomic E-state index is 13.5. The minimum absolute atomic E-state index is 0.178. The van der Waals surface area contributed by atoms with E-state index in [1.165, 1.54) is 35.1 Å². The second kappa shape index (κ2) is 6.98. The van der Waals surface area contributed by atoms with Crippen molar-refractivity contribution in [2.24, 2.45) is 0 Å². The number of benzene rings is 1. The predicted molar refractivity (Wildman–Crippen MR) is 73.2 cm³/mol. The predicted octanol–water partition coefficient (Wildman–Crippen LogP) is 2.45. The Morgan fingerprint density at radius 1 is 0.958 bits per heavy atom. The molecule has 1 aromatic rings. The highest BCUT2D eigenvalue weighted by Gasteiger charge is 2.74. The summed E-state index contributed by atoms with van der Waals surface area (Å²) in [5.41, 5.74) is -4.43. The summed E-state index contributed by atoms with van der Waals surface area (Å²) in [6.45, 7) is -1.77. The molecule has 1 aliphatic heterocycles. The van der Waals surface area contributed by atoms with Gasteiger partial charge in [0.1, 0.15) is 11.0 Å². The lowest BCUT2D eigenvalue weighted by Crippen LogP contribution is -2.76. The summed E-state index contributed by atoms with van der Waals surface area (Å²) >= 11 is 0. The molecule has 2 rings (SSSR count). The summed E-state index contributed by atoms with van der Waals surface area (Å²) in [7, 11) is -2.72. The van der Waals surface area contributed by atoms with Crippen molar-refractivity contribution in [2.75, 3.05) is 26.3 Å². The Labute approximate surface area is 136 Å². The smallest absolute Gasteiger partial charge is 0.379 e. The van der Waals surface area contributed by atoms with Gasteiger partial charge in [-0.05, 0) is 12.1 Å². The van der Waals surface area contributed by atoms with Gasteiger partial charge in [-0.1, -0.05) is 18.2 Å². The van der Waals surface area contributed by atoms with Crippen LogP contribution in [0.4, 0.5) is 26.3 Å². The van der Waals surface area contributed by atoms with Gasteiger partial charge in [0.25, 0.3) is 5.66 Å². The molecule has 1 heterocycles. The standard InChI is InChI=1S/C13H14F6N2O2S/c14-12(15,16)11(13(17,18)19,21-6-8-23-9-7-21)20-24(22)10-4-2-1-3-5-10/h1-5,20H,6-9H2. The number of alkyl halides is 6. The van der Waals surface area contributed by atoms with Crippen LogP contribution in [0.3, 0.4) is 0 Å². The Kier molecular flexibility index (Phi) is 5.57. The van der Waals surface area contributed by atoms with Crippen LogP contribution in [0.25, 0.3) is 0 Å². The fraction of sp³-hybridized carbons (Fsp3) is 0.538. The fourth-order valence-electron chi connectivity index (χ4n) is 2.34. The second-order valence-electron chi connectivity index (χ2n) is 4.99. The van der Waals surface area contributed by atoms with Gasteiger partial charge in [-0.15, -0.1) is 0 Å². The minimum Gasteiger partial charge on any atom is -0.379 e. The van der Waals surface area contributed by atoms with Gasteiger partial charge >= 0.3 is 12.4 Å². The quantitative estimate of drug-likeness (QED) is 0.821. The summed E-state index contributed by atoms with van der Waals surface area (Å²) in [6.07, 6.45) is -11.5. The van der Waals surface area contributed by atoms with Crippen LogP contribution in [0.1, 0.15) is 0 Å². The van der Waals surface area contributed by atoms with E-state index in [1.54, 1.807) is 0 Å². The molecule has 0 bridgehead atoms. The van der Waals surface area contributed by atoms with Crippen LogP contribution in [0.5, 0.6) is 0 Å². The lowest BCUT2D eigenvalue weighted by atomic mass is 10.1. The molecule has 0 saturated carbocycles. The monoisotopic (exact) mass is 376 g/mol. The van der Waals surface area contributed by atoms with Crippen LogP contribution in [0.15, 0.2) is 35.2 Å². The first-order valence-electron chi connectivity index (χ1n) is 6.80. The van der Waals surface area contributed by atoms with E-state index >= 15 is 0 Å². The zero-order chi connectivity index (χ0) is 18.0. The molecule has 1 unspecified atom stereocenters. The molecule has 0 spiro atoms. The van der Waals surface area contributed by atoms with E-state index in [2.05, 4.69) is 0 Å². The Bertz CT molecular complexity index is 558. The van der Waals surface area contributed by atoms with Crippen molar-refractivity contribution in [2.45, 2.75) is 22.9 Å². The van der Waals surface area contributed by atoms with Crippen molar-refractivity contribution >= 4 is 11.0 Å². The first kappa shape index (κ1) is 19.2. The number of halogens is 6. The van der Waals surface area contributed by atoms with Crippen LogP contribution >= 0.6 is 0 Å². The average molecular weight is 376 g/mol. The molecule has 11 heteroatoms. The fourth-order valence-corrected chi connectivity index (χ4v) is 3.49. The third kappa shape index (κ3) is 3.58. The highest BCUT2D eigenvalue weighted by Crippen LogP contribution is 2.46. The van der Waals surface area contributed by atoms with E-state index in [1.807, 2.05) is 0 Å². The number of hydrogen-bond acceptors (Lipinski definition) is 3. The molecule has 136 valence electrons. The second-order valence-corrected chi connectivity index (χ2v) is 6.20. The number of nitrogens with one attached hydrogen (secondary N) is 1. The van der Waals surface area contributed by atoms with Gasteiger partial charge in [0.05, 0.1) is 18.1 Å². The van der Waals surface area contributed by atoms with Crippen LogP contribution in [0.2, 0.25) is 0 Å². The van der Waals surface area contributed by atoms with Gasteiger partial charge in [-0.3, -0.25) is 4.90 Å². The molecule has 1 aliphatic rings. The average Bonchev–Trinajstić information content (AvgIpc) is 2.51. The van der Waals surface area contributed by atoms with Gasteiger partial charge in [-0.2, -0.15) is 31.1 Å². The molecule has 1 atom stereocenters. The van der Waals surface area contributed by atoms with Crippen molar-refractivity contribution in [1.82, 2.24) is 9.62 Å². The zero-order valence-electron chi connectivity index (χ0n) is 12.2. The highest BCUT2D eigenvalue weighted by molar-refractivity contribution is 7.83. The van der Waals surface area contributed by atoms with Crippen LogP contribution in [0, 0.1) is 0 Å². The van der Waals surface area contributed by atoms with Crippen LogP contribution in [-0.4, -0.2) is 53.4 Å². The number of hydrogen-bond donors (Lipinski definition) is 1. The maximum Gasteiger partial charge on any atom is 0.430 e. The zero-order valence-corrected chi connectivity index (χ0v) is 13.0. The third-order valence-corrected chi connectivity index (χ3v) is 4.68. The largest absolute Gasteiger partial charge is 0.430 e. The Morgan fingerprint density at radius 3 is 1.92 bits per heavy atom. The lowest BCUT2D eigenvalue weighted by molar-refractivity contribution is -0.349. The van der Waals surface area contributed by atoms with Crippen LogP contribution < -0.4 is 4.72 Å². The van der Waals surface area contributed by atoms with E-state index in [-0.39, 0.29) is 23.0 Å². The van der Waals surface area contributed by atoms with E-state index in [9.17, 15) is 30.6 Å². The molecular weight excluding hydrogens is 362 g/mol. The van der Waals surface area contributed by atoms with Gasteiger partial charge < -0.3 is 4.74 Å². The number of nitrogens with zero attached hydrogens (tertiary/aromatic N) is 1. The molecule has 1 N–H and O–H groups in total. The van der Waals surface area contributed by atoms with E-state index in [4.69, 9.17) is 4.74 Å². The van der Waals surface area contributed by atoms with Gasteiger partial charge in [-0.25, -0.2) is 4.21 Å². The van der Waals surface area contributed by atoms with Gasteiger partial charge in [0, 0.05) is 13.1 Å². The number of rotatable bonds is 4. The maximum absolute atomic E-state index is 13.5. The number of morpholine rings is 1. The molecule has 4 nitrogen and oxygen atoms in total. The molecule has 0 amide bonds. The van der Waals surface area contributed by atoms with E-state index in [0.717, 1.165) is 0 Å². The first-order valence-corrected chi connectivity index (χ1v) is 7.95. The summed E-state index contributed by atoms with van der Waals surface area (Å²) in [4.78, 5) is -0.0132. The van der Waals surface area contributed by atoms with Crippen molar-refractivity contribution in [1.29, 1.82) is 0 Å². The van der Waals surface area contributed by atoms with E-state index in [0.29, 0.717) is 0 Å². The molecule has 1 saturated heterocycles. The molecule has 1 aromatic carbocycles. The molecule has 0 radical (unpaired) electrons. The van der Waals surface area contributed by atoms with Crippen LogP contribution in [-0.2, 0) is 15.7 Å². The van der Waals surface area contributed by atoms with Crippen molar-refractivity contribution in [3.05, 3.63) is 30.3 Å². The lowest BCUT2D eigenvalue weighted by Gasteiger charge is -2.46. The van der Waals surface area contributed by atoms with E-state index < -0.39 is 42.1 Å².